The smallest absolute Gasteiger partial charge is 0.121 e. The maximum atomic E-state index is 8.75. The van der Waals surface area contributed by atoms with Gasteiger partial charge in [0.05, 0.1) is 7.11 Å². The minimum Gasteiger partial charge on any atom is -0.496 e. The van der Waals surface area contributed by atoms with E-state index in [0.29, 0.717) is 0 Å². The van der Waals surface area contributed by atoms with Crippen LogP contribution in [0.4, 0.5) is 0 Å². The number of methoxy groups -OCH3 is 1. The van der Waals surface area contributed by atoms with Crippen LogP contribution in [0.15, 0.2) is 18.2 Å². The molecule has 16 heavy (non-hydrogen) atoms. The SMILES string of the molecule is COc1ccc(CN(C)CCCO)cc1C. The van der Waals surface area contributed by atoms with Crippen molar-refractivity contribution in [2.45, 2.75) is 19.9 Å². The Hall–Kier alpha value is -1.06. The summed E-state index contributed by atoms with van der Waals surface area (Å²) in [6.45, 7) is 4.13. The van der Waals surface area contributed by atoms with Gasteiger partial charge in [0.2, 0.25) is 0 Å². The molecule has 0 bridgehead atoms. The van der Waals surface area contributed by atoms with Crippen molar-refractivity contribution in [3.63, 3.8) is 0 Å². The summed E-state index contributed by atoms with van der Waals surface area (Å²) < 4.78 is 5.22. The Morgan fingerprint density at radius 2 is 2.12 bits per heavy atom. The van der Waals surface area contributed by atoms with E-state index < -0.39 is 0 Å². The van der Waals surface area contributed by atoms with Crippen LogP contribution in [0.2, 0.25) is 0 Å². The predicted octanol–water partition coefficient (Wildman–Crippen LogP) is 1.82. The molecule has 0 atom stereocenters. The lowest BCUT2D eigenvalue weighted by Gasteiger charge is -2.16. The zero-order chi connectivity index (χ0) is 12.0. The topological polar surface area (TPSA) is 32.7 Å². The third-order valence-corrected chi connectivity index (χ3v) is 2.61. The van der Waals surface area contributed by atoms with Gasteiger partial charge in [-0.3, -0.25) is 0 Å². The summed E-state index contributed by atoms with van der Waals surface area (Å²) in [5.74, 6) is 0.932. The Morgan fingerprint density at radius 3 is 2.69 bits per heavy atom. The Balaban J connectivity index is 2.57. The molecule has 0 unspecified atom stereocenters. The molecule has 0 aliphatic rings. The van der Waals surface area contributed by atoms with E-state index in [-0.39, 0.29) is 6.61 Å². The molecule has 0 aromatic heterocycles. The van der Waals surface area contributed by atoms with Crippen LogP contribution in [0, 0.1) is 6.92 Å². The molecule has 3 nitrogen and oxygen atoms in total. The summed E-state index contributed by atoms with van der Waals surface area (Å²) in [5, 5.41) is 8.75. The van der Waals surface area contributed by atoms with E-state index in [1.807, 2.05) is 6.07 Å². The van der Waals surface area contributed by atoms with Crippen LogP contribution in [0.3, 0.4) is 0 Å². The fourth-order valence-corrected chi connectivity index (χ4v) is 1.77. The number of aliphatic hydroxyl groups is 1. The molecule has 0 saturated carbocycles. The van der Waals surface area contributed by atoms with Crippen molar-refractivity contribution in [2.24, 2.45) is 0 Å². The lowest BCUT2D eigenvalue weighted by atomic mass is 10.1. The second-order valence-corrected chi connectivity index (χ2v) is 4.12. The second-order valence-electron chi connectivity index (χ2n) is 4.12. The highest BCUT2D eigenvalue weighted by Crippen LogP contribution is 2.19. The van der Waals surface area contributed by atoms with Crippen molar-refractivity contribution in [3.05, 3.63) is 29.3 Å². The van der Waals surface area contributed by atoms with E-state index in [1.165, 1.54) is 5.56 Å². The van der Waals surface area contributed by atoms with Gasteiger partial charge in [-0.1, -0.05) is 12.1 Å². The van der Waals surface area contributed by atoms with Gasteiger partial charge < -0.3 is 14.7 Å². The first-order valence-electron chi connectivity index (χ1n) is 5.60. The molecular weight excluding hydrogens is 202 g/mol. The molecule has 0 heterocycles. The Labute approximate surface area is 97.7 Å². The molecule has 0 saturated heterocycles. The fourth-order valence-electron chi connectivity index (χ4n) is 1.77. The van der Waals surface area contributed by atoms with Gasteiger partial charge in [-0.15, -0.1) is 0 Å². The van der Waals surface area contributed by atoms with E-state index in [4.69, 9.17) is 9.84 Å². The van der Waals surface area contributed by atoms with Crippen LogP contribution in [-0.2, 0) is 6.54 Å². The monoisotopic (exact) mass is 223 g/mol. The molecule has 1 aromatic carbocycles. The van der Waals surface area contributed by atoms with Gasteiger partial charge in [0.1, 0.15) is 5.75 Å². The van der Waals surface area contributed by atoms with Gasteiger partial charge in [0.15, 0.2) is 0 Å². The van der Waals surface area contributed by atoms with E-state index in [1.54, 1.807) is 7.11 Å². The van der Waals surface area contributed by atoms with Crippen LogP contribution in [0.1, 0.15) is 17.5 Å². The number of aryl methyl sites for hydroxylation is 1. The number of nitrogens with zero attached hydrogens (tertiary/aromatic N) is 1. The lowest BCUT2D eigenvalue weighted by molar-refractivity contribution is 0.244. The van der Waals surface area contributed by atoms with Crippen LogP contribution in [0.5, 0.6) is 5.75 Å². The average Bonchev–Trinajstić information content (AvgIpc) is 2.26. The first-order chi connectivity index (χ1) is 7.67. The summed E-state index contributed by atoms with van der Waals surface area (Å²) in [5.41, 5.74) is 2.44. The average molecular weight is 223 g/mol. The number of hydrogen-bond donors (Lipinski definition) is 1. The van der Waals surface area contributed by atoms with Crippen molar-refractivity contribution in [1.29, 1.82) is 0 Å². The molecular formula is C13H21NO2. The molecule has 1 rings (SSSR count). The Bertz CT molecular complexity index is 326. The number of ether oxygens (including phenoxy) is 1. The van der Waals surface area contributed by atoms with Crippen molar-refractivity contribution in [2.75, 3.05) is 27.3 Å². The molecule has 90 valence electrons. The zero-order valence-corrected chi connectivity index (χ0v) is 10.4. The van der Waals surface area contributed by atoms with Crippen molar-refractivity contribution in [3.8, 4) is 5.75 Å². The third kappa shape index (κ3) is 3.83. The minimum absolute atomic E-state index is 0.256. The van der Waals surface area contributed by atoms with Crippen LogP contribution in [0.25, 0.3) is 0 Å². The third-order valence-electron chi connectivity index (χ3n) is 2.61. The highest BCUT2D eigenvalue weighted by molar-refractivity contribution is 5.36. The van der Waals surface area contributed by atoms with E-state index in [0.717, 1.165) is 30.8 Å². The van der Waals surface area contributed by atoms with E-state index in [9.17, 15) is 0 Å². The summed E-state index contributed by atoms with van der Waals surface area (Å²) in [4.78, 5) is 2.21. The highest BCUT2D eigenvalue weighted by atomic mass is 16.5. The standard InChI is InChI=1S/C13H21NO2/c1-11-9-12(5-6-13(11)16-3)10-14(2)7-4-8-15/h5-6,9,15H,4,7-8,10H2,1-3H3. The maximum Gasteiger partial charge on any atom is 0.121 e. The van der Waals surface area contributed by atoms with Gasteiger partial charge in [-0.2, -0.15) is 0 Å². The molecule has 1 aromatic rings. The quantitative estimate of drug-likeness (QED) is 0.798. The van der Waals surface area contributed by atoms with Crippen molar-refractivity contribution >= 4 is 0 Å². The van der Waals surface area contributed by atoms with Gasteiger partial charge in [0.25, 0.3) is 0 Å². The number of aliphatic hydroxyl groups excluding tert-OH is 1. The number of rotatable bonds is 6. The van der Waals surface area contributed by atoms with E-state index in [2.05, 4.69) is 31.0 Å². The molecule has 3 heteroatoms. The van der Waals surface area contributed by atoms with Crippen LogP contribution < -0.4 is 4.74 Å². The predicted molar refractivity (Wildman–Crippen MR) is 65.8 cm³/mol. The van der Waals surface area contributed by atoms with Crippen molar-refractivity contribution in [1.82, 2.24) is 4.90 Å². The highest BCUT2D eigenvalue weighted by Gasteiger charge is 2.03. The minimum atomic E-state index is 0.256. The van der Waals surface area contributed by atoms with Gasteiger partial charge in [-0.25, -0.2) is 0 Å². The van der Waals surface area contributed by atoms with Crippen molar-refractivity contribution < 1.29 is 9.84 Å². The second kappa shape index (κ2) is 6.51. The summed E-state index contributed by atoms with van der Waals surface area (Å²) in [6, 6.07) is 6.24. The summed E-state index contributed by atoms with van der Waals surface area (Å²) in [7, 11) is 3.75. The Kier molecular flexibility index (Phi) is 5.29. The summed E-state index contributed by atoms with van der Waals surface area (Å²) in [6.07, 6.45) is 0.825. The molecule has 0 radical (unpaired) electrons. The molecule has 0 aliphatic heterocycles. The van der Waals surface area contributed by atoms with Gasteiger partial charge >= 0.3 is 0 Å². The van der Waals surface area contributed by atoms with Crippen LogP contribution in [-0.4, -0.2) is 37.3 Å². The summed E-state index contributed by atoms with van der Waals surface area (Å²) >= 11 is 0. The Morgan fingerprint density at radius 1 is 1.38 bits per heavy atom. The molecule has 1 N–H and O–H groups in total. The van der Waals surface area contributed by atoms with E-state index >= 15 is 0 Å². The normalized spacial score (nSPS) is 10.8. The van der Waals surface area contributed by atoms with Crippen LogP contribution >= 0.6 is 0 Å². The maximum absolute atomic E-state index is 8.75. The number of hydrogen-bond acceptors (Lipinski definition) is 3. The molecule has 0 aliphatic carbocycles. The lowest BCUT2D eigenvalue weighted by Crippen LogP contribution is -2.19. The zero-order valence-electron chi connectivity index (χ0n) is 10.4. The van der Waals surface area contributed by atoms with Gasteiger partial charge in [-0.05, 0) is 37.6 Å². The first-order valence-corrected chi connectivity index (χ1v) is 5.60. The van der Waals surface area contributed by atoms with Gasteiger partial charge in [0, 0.05) is 19.7 Å². The number of benzene rings is 1. The largest absolute Gasteiger partial charge is 0.496 e. The molecule has 0 spiro atoms. The molecule has 0 fully saturated rings. The fraction of sp³-hybridized carbons (Fsp3) is 0.538. The molecule has 0 amide bonds. The first kappa shape index (κ1) is 13.0.